The molecule has 0 saturated carbocycles. The Morgan fingerprint density at radius 1 is 1.64 bits per heavy atom. The fraction of sp³-hybridized carbons (Fsp3) is 0.286. The molecule has 0 unspecified atom stereocenters. The lowest BCUT2D eigenvalue weighted by Crippen LogP contribution is -2.07. The van der Waals surface area contributed by atoms with Gasteiger partial charge in [0.15, 0.2) is 0 Å². The minimum Gasteiger partial charge on any atom is -0.463 e. The maximum absolute atomic E-state index is 11.0. The van der Waals surface area contributed by atoms with Crippen LogP contribution >= 0.6 is 0 Å². The molecule has 0 spiro atoms. The molecule has 0 aliphatic rings. The minimum absolute atomic E-state index is 0.0976. The first-order valence-corrected chi connectivity index (χ1v) is 3.66. The number of hydrogen-bond acceptors (Lipinski definition) is 5. The van der Waals surface area contributed by atoms with Gasteiger partial charge in [-0.05, 0) is 23.6 Å². The Morgan fingerprint density at radius 3 is 2.93 bits per heavy atom. The summed E-state index contributed by atoms with van der Waals surface area (Å²) >= 11 is 0. The number of esters is 1. The van der Waals surface area contributed by atoms with Crippen molar-refractivity contribution in [2.24, 2.45) is 5.11 Å². The molecule has 14 heavy (non-hydrogen) atoms. The quantitative estimate of drug-likeness (QED) is 0.307. The standard InChI is InChI=1S/C7H7N5O2/c1-4-3-5(11-12-8)10-6(9-4)7(13)14-2/h3H,1-2H3. The normalized spacial score (nSPS) is 9.00. The molecule has 0 aromatic carbocycles. The molecule has 1 aromatic rings. The van der Waals surface area contributed by atoms with Gasteiger partial charge in [-0.25, -0.2) is 14.8 Å². The van der Waals surface area contributed by atoms with Gasteiger partial charge in [0, 0.05) is 10.6 Å². The summed E-state index contributed by atoms with van der Waals surface area (Å²) < 4.78 is 4.43. The molecule has 1 aromatic heterocycles. The summed E-state index contributed by atoms with van der Waals surface area (Å²) in [5.41, 5.74) is 8.71. The molecule has 0 saturated heterocycles. The zero-order valence-electron chi connectivity index (χ0n) is 7.63. The number of ether oxygens (including phenoxy) is 1. The Labute approximate surface area is 79.4 Å². The topological polar surface area (TPSA) is 101 Å². The number of azide groups is 1. The van der Waals surface area contributed by atoms with Crippen molar-refractivity contribution in [2.45, 2.75) is 6.92 Å². The molecular weight excluding hydrogens is 186 g/mol. The van der Waals surface area contributed by atoms with Crippen LogP contribution in [0, 0.1) is 6.92 Å². The molecule has 0 aliphatic heterocycles. The van der Waals surface area contributed by atoms with Crippen LogP contribution in [0.25, 0.3) is 10.4 Å². The van der Waals surface area contributed by atoms with Crippen LogP contribution in [-0.2, 0) is 4.74 Å². The highest BCUT2D eigenvalue weighted by molar-refractivity contribution is 5.85. The molecule has 0 amide bonds. The third kappa shape index (κ3) is 2.18. The van der Waals surface area contributed by atoms with Crippen LogP contribution in [0.5, 0.6) is 0 Å². The van der Waals surface area contributed by atoms with Crippen LogP contribution in [0.15, 0.2) is 11.2 Å². The van der Waals surface area contributed by atoms with Crippen LogP contribution < -0.4 is 0 Å². The molecule has 0 fully saturated rings. The highest BCUT2D eigenvalue weighted by Gasteiger charge is 2.10. The second-order valence-electron chi connectivity index (χ2n) is 2.37. The van der Waals surface area contributed by atoms with E-state index in [4.69, 9.17) is 5.53 Å². The van der Waals surface area contributed by atoms with Crippen molar-refractivity contribution >= 4 is 11.8 Å². The molecular formula is C7H7N5O2. The van der Waals surface area contributed by atoms with Crippen LogP contribution in [0.3, 0.4) is 0 Å². The number of nitrogens with zero attached hydrogens (tertiary/aromatic N) is 5. The number of aryl methyl sites for hydroxylation is 1. The Balaban J connectivity index is 3.19. The summed E-state index contributed by atoms with van der Waals surface area (Å²) in [6, 6.07) is 1.46. The van der Waals surface area contributed by atoms with Crippen molar-refractivity contribution in [3.8, 4) is 0 Å². The summed E-state index contributed by atoms with van der Waals surface area (Å²) in [7, 11) is 1.22. The van der Waals surface area contributed by atoms with Crippen molar-refractivity contribution in [1.82, 2.24) is 9.97 Å². The van der Waals surface area contributed by atoms with E-state index < -0.39 is 5.97 Å². The lowest BCUT2D eigenvalue weighted by Gasteiger charge is -1.99. The van der Waals surface area contributed by atoms with E-state index in [1.54, 1.807) is 6.92 Å². The van der Waals surface area contributed by atoms with Gasteiger partial charge in [-0.3, -0.25) is 0 Å². The summed E-state index contributed by atoms with van der Waals surface area (Å²) in [5, 5.41) is 3.27. The second kappa shape index (κ2) is 4.20. The number of carbonyl (C=O) groups is 1. The van der Waals surface area contributed by atoms with Crippen molar-refractivity contribution < 1.29 is 9.53 Å². The molecule has 1 heterocycles. The molecule has 7 nitrogen and oxygen atoms in total. The molecule has 1 rings (SSSR count). The summed E-state index contributed by atoms with van der Waals surface area (Å²) in [5.74, 6) is -0.682. The average Bonchev–Trinajstić information content (AvgIpc) is 2.16. The lowest BCUT2D eigenvalue weighted by molar-refractivity contribution is 0.0586. The third-order valence-corrected chi connectivity index (χ3v) is 1.36. The zero-order chi connectivity index (χ0) is 10.6. The van der Waals surface area contributed by atoms with Crippen molar-refractivity contribution in [1.29, 1.82) is 0 Å². The second-order valence-corrected chi connectivity index (χ2v) is 2.37. The van der Waals surface area contributed by atoms with Crippen LogP contribution in [-0.4, -0.2) is 23.0 Å². The van der Waals surface area contributed by atoms with Gasteiger partial charge in [0.1, 0.15) is 5.82 Å². The summed E-state index contributed by atoms with van der Waals surface area (Å²) in [4.78, 5) is 21.1. The zero-order valence-corrected chi connectivity index (χ0v) is 7.63. The van der Waals surface area contributed by atoms with Gasteiger partial charge in [-0.2, -0.15) is 0 Å². The molecule has 0 radical (unpaired) electrons. The first kappa shape index (κ1) is 9.94. The lowest BCUT2D eigenvalue weighted by atomic mass is 10.4. The fourth-order valence-corrected chi connectivity index (χ4v) is 0.832. The van der Waals surface area contributed by atoms with Crippen LogP contribution in [0.4, 0.5) is 5.82 Å². The molecule has 72 valence electrons. The van der Waals surface area contributed by atoms with Gasteiger partial charge < -0.3 is 4.74 Å². The highest BCUT2D eigenvalue weighted by Crippen LogP contribution is 2.10. The largest absolute Gasteiger partial charge is 0.463 e. The predicted octanol–water partition coefficient (Wildman–Crippen LogP) is 1.51. The van der Waals surface area contributed by atoms with Crippen LogP contribution in [0.1, 0.15) is 16.3 Å². The van der Waals surface area contributed by atoms with E-state index in [9.17, 15) is 4.79 Å². The van der Waals surface area contributed by atoms with E-state index in [2.05, 4.69) is 24.7 Å². The van der Waals surface area contributed by atoms with Crippen LogP contribution in [0.2, 0.25) is 0 Å². The van der Waals surface area contributed by atoms with E-state index in [1.807, 2.05) is 0 Å². The maximum Gasteiger partial charge on any atom is 0.376 e. The molecule has 0 N–H and O–H groups in total. The van der Waals surface area contributed by atoms with E-state index in [0.29, 0.717) is 5.69 Å². The van der Waals surface area contributed by atoms with Crippen molar-refractivity contribution in [3.05, 3.63) is 28.0 Å². The van der Waals surface area contributed by atoms with Gasteiger partial charge in [0.2, 0.25) is 5.82 Å². The predicted molar refractivity (Wildman–Crippen MR) is 46.9 cm³/mol. The van der Waals surface area contributed by atoms with E-state index >= 15 is 0 Å². The number of hydrogen-bond donors (Lipinski definition) is 0. The molecule has 0 atom stereocenters. The molecule has 0 bridgehead atoms. The highest BCUT2D eigenvalue weighted by atomic mass is 16.5. The average molecular weight is 193 g/mol. The van der Waals surface area contributed by atoms with E-state index in [-0.39, 0.29) is 11.6 Å². The Kier molecular flexibility index (Phi) is 2.98. The van der Waals surface area contributed by atoms with Crippen molar-refractivity contribution in [2.75, 3.05) is 7.11 Å². The monoisotopic (exact) mass is 193 g/mol. The first-order valence-electron chi connectivity index (χ1n) is 3.66. The number of methoxy groups -OCH3 is 1. The molecule has 0 aliphatic carbocycles. The fourth-order valence-electron chi connectivity index (χ4n) is 0.832. The minimum atomic E-state index is -0.664. The SMILES string of the molecule is COC(=O)c1nc(C)cc(N=[N+]=[N-])n1. The van der Waals surface area contributed by atoms with Gasteiger partial charge in [0.25, 0.3) is 0 Å². The Bertz CT molecular complexity index is 411. The third-order valence-electron chi connectivity index (χ3n) is 1.36. The smallest absolute Gasteiger partial charge is 0.376 e. The Hall–Kier alpha value is -2.14. The van der Waals surface area contributed by atoms with Gasteiger partial charge in [-0.1, -0.05) is 0 Å². The van der Waals surface area contributed by atoms with Gasteiger partial charge in [-0.15, -0.1) is 0 Å². The number of aromatic nitrogens is 2. The van der Waals surface area contributed by atoms with Crippen molar-refractivity contribution in [3.63, 3.8) is 0 Å². The molecule has 7 heteroatoms. The van der Waals surface area contributed by atoms with E-state index in [1.165, 1.54) is 13.2 Å². The number of carbonyl (C=O) groups excluding carboxylic acids is 1. The van der Waals surface area contributed by atoms with Gasteiger partial charge >= 0.3 is 5.97 Å². The number of rotatable bonds is 2. The van der Waals surface area contributed by atoms with Gasteiger partial charge in [0.05, 0.1) is 7.11 Å². The summed E-state index contributed by atoms with van der Waals surface area (Å²) in [6.07, 6.45) is 0. The Morgan fingerprint density at radius 2 is 2.36 bits per heavy atom. The van der Waals surface area contributed by atoms with E-state index in [0.717, 1.165) is 0 Å². The summed E-state index contributed by atoms with van der Waals surface area (Å²) in [6.45, 7) is 1.66. The first-order chi connectivity index (χ1) is 6.67. The maximum atomic E-state index is 11.0.